The lowest BCUT2D eigenvalue weighted by Gasteiger charge is -2.07. The summed E-state index contributed by atoms with van der Waals surface area (Å²) in [5.74, 6) is 0.715. The number of anilines is 2. The van der Waals surface area contributed by atoms with Crippen LogP contribution in [0.25, 0.3) is 11.6 Å². The van der Waals surface area contributed by atoms with Gasteiger partial charge < -0.3 is 15.2 Å². The summed E-state index contributed by atoms with van der Waals surface area (Å²) in [6, 6.07) is 15.6. The van der Waals surface area contributed by atoms with Crippen LogP contribution in [0.2, 0.25) is 0 Å². The van der Waals surface area contributed by atoms with Gasteiger partial charge in [-0.05, 0) is 31.2 Å². The van der Waals surface area contributed by atoms with Crippen molar-refractivity contribution in [1.82, 2.24) is 4.98 Å². The molecular formula is C20H17N3O2S. The van der Waals surface area contributed by atoms with Crippen molar-refractivity contribution < 1.29 is 9.84 Å². The van der Waals surface area contributed by atoms with Gasteiger partial charge in [0.15, 0.2) is 5.13 Å². The van der Waals surface area contributed by atoms with Gasteiger partial charge in [-0.15, -0.1) is 0 Å². The molecule has 3 aromatic rings. The van der Waals surface area contributed by atoms with Crippen molar-refractivity contribution in [2.45, 2.75) is 6.92 Å². The van der Waals surface area contributed by atoms with E-state index >= 15 is 0 Å². The maximum atomic E-state index is 10.3. The second-order valence-electron chi connectivity index (χ2n) is 5.80. The topological polar surface area (TPSA) is 66.7 Å². The standard InChI is InChI=1S/C20H17N3O2S/c1-12-14(13-7-3-4-8-15(13)21-12)11-18-19(24)23-20(26-18)22-16-9-5-6-10-17(16)25-2/h3-11,24H,1-2H3,(H,22,23). The lowest BCUT2D eigenvalue weighted by Crippen LogP contribution is -1.93. The molecule has 0 fully saturated rings. The van der Waals surface area contributed by atoms with Crippen molar-refractivity contribution >= 4 is 45.2 Å². The number of methoxy groups -OCH3 is 1. The van der Waals surface area contributed by atoms with Crippen LogP contribution in [0.1, 0.15) is 17.4 Å². The highest BCUT2D eigenvalue weighted by molar-refractivity contribution is 7.16. The van der Waals surface area contributed by atoms with E-state index in [1.807, 2.05) is 61.5 Å². The molecule has 0 atom stereocenters. The number of ether oxygens (including phenoxy) is 1. The van der Waals surface area contributed by atoms with Gasteiger partial charge in [0.2, 0.25) is 5.88 Å². The molecular weight excluding hydrogens is 346 g/mol. The molecule has 1 aliphatic rings. The highest BCUT2D eigenvalue weighted by Gasteiger charge is 2.19. The Morgan fingerprint density at radius 3 is 2.73 bits per heavy atom. The monoisotopic (exact) mass is 363 g/mol. The molecule has 0 amide bonds. The van der Waals surface area contributed by atoms with Crippen LogP contribution in [-0.2, 0) is 0 Å². The highest BCUT2D eigenvalue weighted by Crippen LogP contribution is 2.39. The fourth-order valence-electron chi connectivity index (χ4n) is 2.88. The third-order valence-corrected chi connectivity index (χ3v) is 5.04. The highest BCUT2D eigenvalue weighted by atomic mass is 32.1. The number of para-hydroxylation sites is 3. The van der Waals surface area contributed by atoms with E-state index in [2.05, 4.69) is 15.3 Å². The molecule has 1 aromatic heterocycles. The Hall–Kier alpha value is -3.12. The Balaban J connectivity index is 1.67. The molecule has 0 spiro atoms. The molecule has 0 saturated carbocycles. The minimum atomic E-state index is -0.00270. The molecule has 130 valence electrons. The fourth-order valence-corrected chi connectivity index (χ4v) is 3.70. The summed E-state index contributed by atoms with van der Waals surface area (Å²) in [5.41, 5.74) is 4.75. The van der Waals surface area contributed by atoms with E-state index in [1.54, 1.807) is 7.11 Å². The van der Waals surface area contributed by atoms with Gasteiger partial charge in [-0.1, -0.05) is 41.7 Å². The second kappa shape index (κ2) is 6.65. The van der Waals surface area contributed by atoms with Crippen LogP contribution in [0.3, 0.4) is 0 Å². The Morgan fingerprint density at radius 2 is 1.88 bits per heavy atom. The summed E-state index contributed by atoms with van der Waals surface area (Å²) < 4.78 is 5.34. The van der Waals surface area contributed by atoms with Gasteiger partial charge in [-0.25, -0.2) is 0 Å². The predicted molar refractivity (Wildman–Crippen MR) is 107 cm³/mol. The molecule has 5 nitrogen and oxygen atoms in total. The first-order valence-corrected chi connectivity index (χ1v) is 8.94. The zero-order chi connectivity index (χ0) is 18.1. The number of rotatable bonds is 4. The van der Waals surface area contributed by atoms with Gasteiger partial charge in [0.1, 0.15) is 5.75 Å². The summed E-state index contributed by atoms with van der Waals surface area (Å²) in [7, 11) is 1.62. The third-order valence-electron chi connectivity index (χ3n) is 4.13. The molecule has 0 radical (unpaired) electrons. The predicted octanol–water partition coefficient (Wildman–Crippen LogP) is 5.25. The number of hydrogen-bond donors (Lipinski definition) is 2. The molecule has 1 aliphatic heterocycles. The van der Waals surface area contributed by atoms with Gasteiger partial charge in [0.05, 0.1) is 23.4 Å². The smallest absolute Gasteiger partial charge is 0.231 e. The van der Waals surface area contributed by atoms with E-state index in [1.165, 1.54) is 11.3 Å². The number of fused-ring (bicyclic) bond motifs is 1. The van der Waals surface area contributed by atoms with Crippen molar-refractivity contribution in [3.8, 4) is 11.6 Å². The first kappa shape index (κ1) is 16.4. The van der Waals surface area contributed by atoms with Gasteiger partial charge in [0, 0.05) is 16.8 Å². The number of thiazole rings is 1. The zero-order valence-corrected chi connectivity index (χ0v) is 15.2. The Bertz CT molecular complexity index is 1040. The second-order valence-corrected chi connectivity index (χ2v) is 6.84. The van der Waals surface area contributed by atoms with Crippen molar-refractivity contribution in [2.75, 3.05) is 12.4 Å². The fraction of sp³-hybridized carbons (Fsp3) is 0.100. The molecule has 0 bridgehead atoms. The van der Waals surface area contributed by atoms with Crippen LogP contribution >= 0.6 is 11.3 Å². The van der Waals surface area contributed by atoms with Crippen LogP contribution in [0.15, 0.2) is 53.5 Å². The zero-order valence-electron chi connectivity index (χ0n) is 14.4. The molecule has 0 saturated heterocycles. The molecule has 2 heterocycles. The quantitative estimate of drug-likeness (QED) is 0.664. The van der Waals surface area contributed by atoms with Gasteiger partial charge in [0.25, 0.3) is 0 Å². The van der Waals surface area contributed by atoms with E-state index in [0.29, 0.717) is 10.0 Å². The van der Waals surface area contributed by atoms with Crippen LogP contribution in [0.4, 0.5) is 16.5 Å². The van der Waals surface area contributed by atoms with Gasteiger partial charge in [-0.3, -0.25) is 4.99 Å². The largest absolute Gasteiger partial charge is 0.495 e. The summed E-state index contributed by atoms with van der Waals surface area (Å²) in [6.45, 7) is 1.97. The first-order valence-electron chi connectivity index (χ1n) is 8.12. The van der Waals surface area contributed by atoms with E-state index in [4.69, 9.17) is 4.74 Å². The lowest BCUT2D eigenvalue weighted by molar-refractivity contribution is 0.417. The van der Waals surface area contributed by atoms with Crippen LogP contribution in [0.5, 0.6) is 11.6 Å². The maximum Gasteiger partial charge on any atom is 0.231 e. The van der Waals surface area contributed by atoms with E-state index in [-0.39, 0.29) is 5.88 Å². The molecule has 4 rings (SSSR count). The van der Waals surface area contributed by atoms with Crippen LogP contribution in [-0.4, -0.2) is 22.9 Å². The van der Waals surface area contributed by atoms with E-state index in [9.17, 15) is 5.11 Å². The van der Waals surface area contributed by atoms with Gasteiger partial charge >= 0.3 is 0 Å². The Morgan fingerprint density at radius 1 is 1.12 bits per heavy atom. The molecule has 2 N–H and O–H groups in total. The van der Waals surface area contributed by atoms with Crippen LogP contribution in [0, 0.1) is 0 Å². The first-order chi connectivity index (χ1) is 12.7. The summed E-state index contributed by atoms with van der Waals surface area (Å²) in [5, 5.41) is 14.1. The molecule has 26 heavy (non-hydrogen) atoms. The Labute approximate surface area is 155 Å². The van der Waals surface area contributed by atoms with E-state index < -0.39 is 0 Å². The van der Waals surface area contributed by atoms with Gasteiger partial charge in [-0.2, -0.15) is 4.98 Å². The van der Waals surface area contributed by atoms with Crippen molar-refractivity contribution in [1.29, 1.82) is 0 Å². The number of aromatic hydroxyl groups is 1. The normalized spacial score (nSPS) is 14.2. The number of benzene rings is 2. The number of hydrogen-bond acceptors (Lipinski definition) is 6. The SMILES string of the molecule is COc1ccccc1Nc1nc(O)c(C=C2C(C)=Nc3ccccc32)s1. The molecule has 0 unspecified atom stereocenters. The number of nitrogens with one attached hydrogen (secondary N) is 1. The van der Waals surface area contributed by atoms with Crippen molar-refractivity contribution in [3.63, 3.8) is 0 Å². The maximum absolute atomic E-state index is 10.3. The number of aliphatic imine (C=N–C) groups is 1. The van der Waals surface area contributed by atoms with Crippen LogP contribution < -0.4 is 10.1 Å². The minimum Gasteiger partial charge on any atom is -0.495 e. The number of aromatic nitrogens is 1. The summed E-state index contributed by atoms with van der Waals surface area (Å²) in [6.07, 6.45) is 1.94. The lowest BCUT2D eigenvalue weighted by atomic mass is 10.0. The number of nitrogens with zero attached hydrogens (tertiary/aromatic N) is 2. The minimum absolute atomic E-state index is 0.00270. The number of allylic oxidation sites excluding steroid dienone is 1. The van der Waals surface area contributed by atoms with E-state index in [0.717, 1.165) is 34.0 Å². The average Bonchev–Trinajstić information content (AvgIpc) is 3.15. The Kier molecular flexibility index (Phi) is 4.18. The summed E-state index contributed by atoms with van der Waals surface area (Å²) >= 11 is 1.38. The molecule has 0 aliphatic carbocycles. The third kappa shape index (κ3) is 2.95. The van der Waals surface area contributed by atoms with Crippen molar-refractivity contribution in [3.05, 3.63) is 59.0 Å². The summed E-state index contributed by atoms with van der Waals surface area (Å²) in [4.78, 5) is 9.49. The van der Waals surface area contributed by atoms with Crippen molar-refractivity contribution in [2.24, 2.45) is 4.99 Å². The average molecular weight is 363 g/mol. The molecule has 6 heteroatoms. The molecule has 2 aromatic carbocycles.